The van der Waals surface area contributed by atoms with E-state index >= 15 is 0 Å². The Balaban J connectivity index is 1.15. The molecule has 2 heteroatoms. The number of hydrogen-bond donors (Lipinski definition) is 0. The third-order valence-corrected chi connectivity index (χ3v) is 16.7. The number of hydrogen-bond acceptors (Lipinski definition) is 2. The van der Waals surface area contributed by atoms with E-state index in [0.29, 0.717) is 0 Å². The first-order chi connectivity index (χ1) is 36.1. The van der Waals surface area contributed by atoms with E-state index in [2.05, 4.69) is 282 Å². The zero-order chi connectivity index (χ0) is 50.3. The number of anilines is 4. The molecule has 2 aliphatic rings. The van der Waals surface area contributed by atoms with Gasteiger partial charge in [0.2, 0.25) is 0 Å². The Hall–Kier alpha value is -8.46. The highest BCUT2D eigenvalue weighted by Gasteiger charge is 2.39. The van der Waals surface area contributed by atoms with E-state index in [4.69, 9.17) is 0 Å². The number of nitrogens with zero attached hydrogens (tertiary/aromatic N) is 2. The molecule has 358 valence electrons. The Morgan fingerprint density at radius 3 is 1.22 bits per heavy atom. The zero-order valence-corrected chi connectivity index (χ0v) is 43.2. The molecule has 2 nitrogen and oxygen atoms in total. The van der Waals surface area contributed by atoms with Crippen molar-refractivity contribution >= 4 is 44.3 Å². The van der Waals surface area contributed by atoms with Crippen LogP contribution in [-0.2, 0) is 23.7 Å². The summed E-state index contributed by atoms with van der Waals surface area (Å²) in [6, 6.07) is 86.7. The first kappa shape index (κ1) is 45.4. The van der Waals surface area contributed by atoms with Gasteiger partial charge in [-0.2, -0.15) is 0 Å². The lowest BCUT2D eigenvalue weighted by Gasteiger charge is -2.42. The number of fused-ring (bicyclic) bond motifs is 6. The monoisotopic (exact) mass is 952 g/mol. The Labute approximate surface area is 436 Å². The molecule has 0 amide bonds. The highest BCUT2D eigenvalue weighted by molar-refractivity contribution is 6.21. The van der Waals surface area contributed by atoms with E-state index < -0.39 is 0 Å². The quantitative estimate of drug-likeness (QED) is 0.140. The summed E-state index contributed by atoms with van der Waals surface area (Å²) in [4.78, 5) is 4.80. The van der Waals surface area contributed by atoms with Crippen molar-refractivity contribution in [3.05, 3.63) is 275 Å². The van der Waals surface area contributed by atoms with Crippen LogP contribution >= 0.6 is 0 Å². The van der Waals surface area contributed by atoms with Crippen LogP contribution in [0.15, 0.2) is 231 Å². The Bertz CT molecular complexity index is 3820. The third-order valence-electron chi connectivity index (χ3n) is 16.7. The molecule has 13 rings (SSSR count). The summed E-state index contributed by atoms with van der Waals surface area (Å²) in [6.07, 6.45) is 1.64. The van der Waals surface area contributed by atoms with Gasteiger partial charge in [0.05, 0.1) is 0 Å². The van der Waals surface area contributed by atoms with Crippen LogP contribution in [-0.4, -0.2) is 14.1 Å². The van der Waals surface area contributed by atoms with Crippen molar-refractivity contribution in [2.45, 2.75) is 51.4 Å². The van der Waals surface area contributed by atoms with Gasteiger partial charge in [-0.1, -0.05) is 228 Å². The normalized spacial score (nSPS) is 14.1. The van der Waals surface area contributed by atoms with Gasteiger partial charge in [0, 0.05) is 47.7 Å². The summed E-state index contributed by atoms with van der Waals surface area (Å²) in [5, 5.41) is 4.98. The van der Waals surface area contributed by atoms with Crippen LogP contribution in [0.3, 0.4) is 0 Å². The van der Waals surface area contributed by atoms with Gasteiger partial charge in [-0.3, -0.25) is 0 Å². The smallest absolute Gasteiger partial charge is 0.0455 e. The van der Waals surface area contributed by atoms with Crippen molar-refractivity contribution in [3.8, 4) is 44.5 Å². The van der Waals surface area contributed by atoms with Crippen molar-refractivity contribution in [1.82, 2.24) is 0 Å². The average molecular weight is 953 g/mol. The van der Waals surface area contributed by atoms with Crippen molar-refractivity contribution in [2.24, 2.45) is 0 Å². The maximum Gasteiger partial charge on any atom is 0.0455 e. The van der Waals surface area contributed by atoms with E-state index in [9.17, 15) is 0 Å². The molecule has 0 saturated heterocycles. The second-order valence-electron chi connectivity index (χ2n) is 21.7. The molecule has 0 unspecified atom stereocenters. The summed E-state index contributed by atoms with van der Waals surface area (Å²) in [7, 11) is 4.46. The van der Waals surface area contributed by atoms with Crippen LogP contribution in [0.25, 0.3) is 66.1 Å². The van der Waals surface area contributed by atoms with E-state index in [-0.39, 0.29) is 10.8 Å². The summed E-state index contributed by atoms with van der Waals surface area (Å²) < 4.78 is 0. The minimum atomic E-state index is -0.263. The molecule has 11 aromatic carbocycles. The van der Waals surface area contributed by atoms with Crippen molar-refractivity contribution in [3.63, 3.8) is 0 Å². The fourth-order valence-corrected chi connectivity index (χ4v) is 13.3. The molecular weight excluding hydrogens is 893 g/mol. The molecule has 0 aromatic heterocycles. The maximum atomic E-state index is 2.55. The minimum Gasteiger partial charge on any atom is -0.344 e. The van der Waals surface area contributed by atoms with Gasteiger partial charge in [0.25, 0.3) is 0 Å². The van der Waals surface area contributed by atoms with E-state index in [1.165, 1.54) is 133 Å². The summed E-state index contributed by atoms with van der Waals surface area (Å²) in [5.74, 6) is 0. The second kappa shape index (κ2) is 17.6. The van der Waals surface area contributed by atoms with Gasteiger partial charge in [-0.05, 0) is 154 Å². The fraction of sp³-hybridized carbons (Fsp3) is 0.139. The molecule has 0 radical (unpaired) electrons. The predicted octanol–water partition coefficient (Wildman–Crippen LogP) is 18.7. The van der Waals surface area contributed by atoms with Gasteiger partial charge < -0.3 is 9.80 Å². The molecule has 11 aromatic rings. The average Bonchev–Trinajstić information content (AvgIpc) is 3.43. The lowest BCUT2D eigenvalue weighted by Crippen LogP contribution is -2.31. The first-order valence-corrected chi connectivity index (χ1v) is 26.3. The SMILES string of the molecule is CN1c2ccccc2C(C)(C)c2c(-c3cccc4c(-c5cccc(Cc6ccccc6)c5-c5ccccc5Cc5ccccc5)c5cccc(-c6cccc7c6C(C)(C)c6ccccc6N7C)c5cc34)cccc21. The van der Waals surface area contributed by atoms with Gasteiger partial charge in [-0.25, -0.2) is 0 Å². The first-order valence-electron chi connectivity index (χ1n) is 26.3. The predicted molar refractivity (Wildman–Crippen MR) is 315 cm³/mol. The van der Waals surface area contributed by atoms with E-state index in [0.717, 1.165) is 12.8 Å². The summed E-state index contributed by atoms with van der Waals surface area (Å²) in [5.41, 5.74) is 25.2. The fourth-order valence-electron chi connectivity index (χ4n) is 13.3. The maximum absolute atomic E-state index is 2.55. The van der Waals surface area contributed by atoms with Gasteiger partial charge >= 0.3 is 0 Å². The molecule has 0 spiro atoms. The van der Waals surface area contributed by atoms with Crippen LogP contribution in [0.4, 0.5) is 22.7 Å². The standard InChI is InChI=1S/C72H60N2/c1-71(2)61-38-15-17-40-63(61)73(5)65-42-22-35-56(69(65)71)52-31-20-33-54-59(52)46-60-53(57-36-23-43-66-70(57)72(3,4)62-39-16-18-41-64(62)74(66)6)32-21-34-55(60)68(54)58-37-19-29-50(45-48-26-11-8-12-27-48)67(58)51-30-14-13-28-49(51)44-47-24-9-7-10-25-47/h7-43,46H,44-45H2,1-6H3. The van der Waals surface area contributed by atoms with Crippen molar-refractivity contribution < 1.29 is 0 Å². The van der Waals surface area contributed by atoms with Gasteiger partial charge in [0.15, 0.2) is 0 Å². The summed E-state index contributed by atoms with van der Waals surface area (Å²) >= 11 is 0. The van der Waals surface area contributed by atoms with Gasteiger partial charge in [0.1, 0.15) is 0 Å². The molecule has 0 saturated carbocycles. The molecular formula is C72H60N2. The lowest BCUT2D eigenvalue weighted by molar-refractivity contribution is 0.631. The van der Waals surface area contributed by atoms with Gasteiger partial charge in [-0.15, -0.1) is 0 Å². The number of rotatable bonds is 8. The Morgan fingerprint density at radius 1 is 0.297 bits per heavy atom. The molecule has 2 heterocycles. The van der Waals surface area contributed by atoms with Crippen LogP contribution in [0, 0.1) is 0 Å². The van der Waals surface area contributed by atoms with Crippen LogP contribution in [0.5, 0.6) is 0 Å². The molecule has 0 N–H and O–H groups in total. The molecule has 74 heavy (non-hydrogen) atoms. The number of para-hydroxylation sites is 2. The van der Waals surface area contributed by atoms with Crippen molar-refractivity contribution in [1.29, 1.82) is 0 Å². The largest absolute Gasteiger partial charge is 0.344 e. The lowest BCUT2D eigenvalue weighted by atomic mass is 9.70. The minimum absolute atomic E-state index is 0.263. The highest BCUT2D eigenvalue weighted by Crippen LogP contribution is 2.56. The zero-order valence-electron chi connectivity index (χ0n) is 43.2. The molecule has 0 bridgehead atoms. The highest BCUT2D eigenvalue weighted by atomic mass is 15.1. The van der Waals surface area contributed by atoms with Crippen molar-refractivity contribution in [2.75, 3.05) is 23.9 Å². The van der Waals surface area contributed by atoms with E-state index in [1.807, 2.05) is 0 Å². The molecule has 0 aliphatic carbocycles. The molecule has 2 aliphatic heterocycles. The topological polar surface area (TPSA) is 6.48 Å². The van der Waals surface area contributed by atoms with Crippen LogP contribution < -0.4 is 9.80 Å². The number of benzene rings is 11. The Kier molecular flexibility index (Phi) is 10.8. The molecule has 0 atom stereocenters. The molecule has 0 fully saturated rings. The Morgan fingerprint density at radius 2 is 0.676 bits per heavy atom. The van der Waals surface area contributed by atoms with Crippen LogP contribution in [0.2, 0.25) is 0 Å². The third kappa shape index (κ3) is 7.14. The van der Waals surface area contributed by atoms with E-state index in [1.54, 1.807) is 0 Å². The van der Waals surface area contributed by atoms with Crippen LogP contribution in [0.1, 0.15) is 72.2 Å². The summed E-state index contributed by atoms with van der Waals surface area (Å²) in [6.45, 7) is 9.66. The second-order valence-corrected chi connectivity index (χ2v) is 21.7.